The molecule has 0 aliphatic heterocycles. The number of nitrogens with one attached hydrogen (secondary N) is 2. The zero-order valence-corrected chi connectivity index (χ0v) is 10.8. The van der Waals surface area contributed by atoms with Crippen molar-refractivity contribution in [1.82, 2.24) is 15.0 Å². The van der Waals surface area contributed by atoms with E-state index < -0.39 is 6.10 Å². The number of aliphatic hydroxyl groups excluding tert-OH is 1. The first-order valence-corrected chi connectivity index (χ1v) is 5.58. The van der Waals surface area contributed by atoms with E-state index in [1.165, 1.54) is 7.11 Å². The topological polar surface area (TPSA) is 101 Å². The minimum Gasteiger partial charge on any atom is -0.467 e. The summed E-state index contributed by atoms with van der Waals surface area (Å²) >= 11 is 0. The first-order valence-electron chi connectivity index (χ1n) is 5.58. The molecule has 0 amide bonds. The van der Waals surface area contributed by atoms with Crippen LogP contribution < -0.4 is 15.4 Å². The normalized spacial score (nSPS) is 12.0. The average Bonchev–Trinajstić information content (AvgIpc) is 2.38. The van der Waals surface area contributed by atoms with E-state index in [0.717, 1.165) is 0 Å². The average molecular weight is 257 g/mol. The van der Waals surface area contributed by atoms with Crippen LogP contribution in [0.15, 0.2) is 0 Å². The summed E-state index contributed by atoms with van der Waals surface area (Å²) in [6, 6.07) is 0.231. The fourth-order valence-corrected chi connectivity index (χ4v) is 1.26. The Morgan fingerprint density at radius 1 is 1.22 bits per heavy atom. The Morgan fingerprint density at radius 3 is 2.56 bits per heavy atom. The smallest absolute Gasteiger partial charge is 0.322 e. The number of nitrogens with zero attached hydrogens (tertiary/aromatic N) is 3. The Labute approximate surface area is 106 Å². The van der Waals surface area contributed by atoms with E-state index >= 15 is 0 Å². The maximum Gasteiger partial charge on any atom is 0.322 e. The molecule has 8 nitrogen and oxygen atoms in total. The van der Waals surface area contributed by atoms with Crippen LogP contribution in [0.2, 0.25) is 0 Å². The first-order chi connectivity index (χ1) is 8.69. The van der Waals surface area contributed by atoms with Crippen molar-refractivity contribution in [3.8, 4) is 6.01 Å². The highest BCUT2D eigenvalue weighted by Gasteiger charge is 2.07. The van der Waals surface area contributed by atoms with Crippen molar-refractivity contribution < 1.29 is 14.6 Å². The van der Waals surface area contributed by atoms with Crippen molar-refractivity contribution in [1.29, 1.82) is 0 Å². The zero-order valence-electron chi connectivity index (χ0n) is 10.8. The molecule has 0 radical (unpaired) electrons. The minimum atomic E-state index is -0.505. The lowest BCUT2D eigenvalue weighted by atomic mass is 10.3. The Bertz CT molecular complexity index is 341. The van der Waals surface area contributed by atoms with Gasteiger partial charge in [0.05, 0.1) is 19.8 Å². The molecule has 0 aromatic carbocycles. The summed E-state index contributed by atoms with van der Waals surface area (Å²) in [4.78, 5) is 12.1. The van der Waals surface area contributed by atoms with Crippen LogP contribution in [0.3, 0.4) is 0 Å². The van der Waals surface area contributed by atoms with Crippen molar-refractivity contribution in [3.63, 3.8) is 0 Å². The fraction of sp³-hybridized carbons (Fsp3) is 0.700. The van der Waals surface area contributed by atoms with Crippen LogP contribution in [-0.4, -0.2) is 60.6 Å². The molecule has 0 bridgehead atoms. The summed E-state index contributed by atoms with van der Waals surface area (Å²) in [6.07, 6.45) is 0.0338. The van der Waals surface area contributed by atoms with Crippen molar-refractivity contribution in [2.45, 2.75) is 12.5 Å². The molecule has 8 heteroatoms. The van der Waals surface area contributed by atoms with Crippen LogP contribution in [0.4, 0.5) is 11.9 Å². The van der Waals surface area contributed by atoms with Crippen molar-refractivity contribution in [2.24, 2.45) is 0 Å². The Hall–Kier alpha value is -1.67. The van der Waals surface area contributed by atoms with E-state index in [1.54, 1.807) is 14.2 Å². The number of ether oxygens (including phenoxy) is 2. The van der Waals surface area contributed by atoms with Gasteiger partial charge in [0, 0.05) is 20.7 Å². The lowest BCUT2D eigenvalue weighted by Crippen LogP contribution is -2.19. The third kappa shape index (κ3) is 4.68. The molecule has 0 fully saturated rings. The van der Waals surface area contributed by atoms with Crippen LogP contribution in [0, 0.1) is 0 Å². The maximum atomic E-state index is 9.47. The summed E-state index contributed by atoms with van der Waals surface area (Å²) in [7, 11) is 4.74. The van der Waals surface area contributed by atoms with Crippen molar-refractivity contribution in [2.75, 3.05) is 45.1 Å². The monoisotopic (exact) mass is 257 g/mol. The van der Waals surface area contributed by atoms with Gasteiger partial charge in [0.2, 0.25) is 11.9 Å². The molecule has 1 unspecified atom stereocenters. The molecular weight excluding hydrogens is 238 g/mol. The molecule has 3 N–H and O–H groups in total. The van der Waals surface area contributed by atoms with E-state index in [0.29, 0.717) is 31.5 Å². The molecule has 1 heterocycles. The molecule has 1 aromatic heterocycles. The van der Waals surface area contributed by atoms with Gasteiger partial charge in [0.25, 0.3) is 0 Å². The molecule has 1 rings (SSSR count). The molecule has 1 aromatic rings. The molecule has 0 spiro atoms. The van der Waals surface area contributed by atoms with E-state index in [-0.39, 0.29) is 6.01 Å². The SMILES string of the molecule is CNc1nc(NCCC(O)COC)nc(OC)n1. The van der Waals surface area contributed by atoms with Crippen LogP contribution in [0.1, 0.15) is 6.42 Å². The van der Waals surface area contributed by atoms with Crippen LogP contribution in [-0.2, 0) is 4.74 Å². The summed E-state index contributed by atoms with van der Waals surface area (Å²) in [5.41, 5.74) is 0. The van der Waals surface area contributed by atoms with Gasteiger partial charge in [-0.1, -0.05) is 0 Å². The van der Waals surface area contributed by atoms with Gasteiger partial charge in [-0.25, -0.2) is 0 Å². The number of methoxy groups -OCH3 is 2. The van der Waals surface area contributed by atoms with Gasteiger partial charge in [0.1, 0.15) is 0 Å². The number of hydrogen-bond acceptors (Lipinski definition) is 8. The first kappa shape index (κ1) is 14.4. The second-order valence-corrected chi connectivity index (χ2v) is 3.54. The lowest BCUT2D eigenvalue weighted by molar-refractivity contribution is 0.0615. The van der Waals surface area contributed by atoms with Crippen molar-refractivity contribution in [3.05, 3.63) is 0 Å². The van der Waals surface area contributed by atoms with Crippen LogP contribution in [0.25, 0.3) is 0 Å². The summed E-state index contributed by atoms with van der Waals surface area (Å²) in [5, 5.41) is 15.3. The lowest BCUT2D eigenvalue weighted by Gasteiger charge is -2.10. The van der Waals surface area contributed by atoms with E-state index in [1.807, 2.05) is 0 Å². The van der Waals surface area contributed by atoms with Gasteiger partial charge in [0.15, 0.2) is 0 Å². The largest absolute Gasteiger partial charge is 0.467 e. The van der Waals surface area contributed by atoms with Gasteiger partial charge < -0.3 is 25.2 Å². The summed E-state index contributed by atoms with van der Waals surface area (Å²) in [5.74, 6) is 0.817. The second-order valence-electron chi connectivity index (χ2n) is 3.54. The van der Waals surface area contributed by atoms with E-state index in [2.05, 4.69) is 25.6 Å². The molecule has 18 heavy (non-hydrogen) atoms. The van der Waals surface area contributed by atoms with E-state index in [4.69, 9.17) is 9.47 Å². The Kier molecular flexibility index (Phi) is 6.09. The fourth-order valence-electron chi connectivity index (χ4n) is 1.26. The summed E-state index contributed by atoms with van der Waals surface area (Å²) < 4.78 is 9.78. The third-order valence-corrected chi connectivity index (χ3v) is 2.14. The number of aromatic nitrogens is 3. The van der Waals surface area contributed by atoms with Gasteiger partial charge in [-0.3, -0.25) is 0 Å². The maximum absolute atomic E-state index is 9.47. The molecule has 1 atom stereocenters. The van der Waals surface area contributed by atoms with Gasteiger partial charge in [-0.15, -0.1) is 0 Å². The number of aliphatic hydroxyl groups is 1. The Balaban J connectivity index is 2.50. The molecule has 0 saturated carbocycles. The standard InChI is InChI=1S/C10H19N5O3/c1-11-8-13-9(15-10(14-8)18-3)12-5-4-7(16)6-17-2/h7,16H,4-6H2,1-3H3,(H2,11,12,13,14,15). The van der Waals surface area contributed by atoms with E-state index in [9.17, 15) is 5.11 Å². The molecule has 0 saturated heterocycles. The number of rotatable bonds is 8. The molecule has 0 aliphatic carbocycles. The number of anilines is 2. The van der Waals surface area contributed by atoms with Crippen LogP contribution >= 0.6 is 0 Å². The predicted molar refractivity (Wildman–Crippen MR) is 66.9 cm³/mol. The highest BCUT2D eigenvalue weighted by Crippen LogP contribution is 2.10. The van der Waals surface area contributed by atoms with Crippen molar-refractivity contribution >= 4 is 11.9 Å². The second kappa shape index (κ2) is 7.62. The molecule has 0 aliphatic rings. The van der Waals surface area contributed by atoms with Gasteiger partial charge in [-0.05, 0) is 6.42 Å². The predicted octanol–water partition coefficient (Wildman–Crippen LogP) is -0.269. The zero-order chi connectivity index (χ0) is 13.4. The van der Waals surface area contributed by atoms with Crippen LogP contribution in [0.5, 0.6) is 6.01 Å². The van der Waals surface area contributed by atoms with Gasteiger partial charge in [-0.2, -0.15) is 15.0 Å². The third-order valence-electron chi connectivity index (χ3n) is 2.14. The highest BCUT2D eigenvalue weighted by atomic mass is 16.5. The van der Waals surface area contributed by atoms with Gasteiger partial charge >= 0.3 is 6.01 Å². The highest BCUT2D eigenvalue weighted by molar-refractivity contribution is 5.35. The minimum absolute atomic E-state index is 0.231. The quantitative estimate of drug-likeness (QED) is 0.585. The summed E-state index contributed by atoms with van der Waals surface area (Å²) in [6.45, 7) is 0.838. The molecule has 102 valence electrons. The molecular formula is C10H19N5O3. The Morgan fingerprint density at radius 2 is 1.94 bits per heavy atom. The number of hydrogen-bond donors (Lipinski definition) is 3.